The van der Waals surface area contributed by atoms with Crippen molar-refractivity contribution in [2.75, 3.05) is 33.4 Å². The van der Waals surface area contributed by atoms with Crippen LogP contribution in [-0.2, 0) is 22.6 Å². The lowest BCUT2D eigenvalue weighted by Gasteiger charge is -2.35. The molecule has 2 saturated heterocycles. The van der Waals surface area contributed by atoms with Crippen LogP contribution in [-0.4, -0.2) is 59.9 Å². The fourth-order valence-electron chi connectivity index (χ4n) is 6.33. The summed E-state index contributed by atoms with van der Waals surface area (Å²) >= 11 is 5.97. The van der Waals surface area contributed by atoms with Crippen LogP contribution in [0, 0.1) is 5.82 Å². The molecule has 2 fully saturated rings. The molecule has 2 atom stereocenters. The van der Waals surface area contributed by atoms with E-state index < -0.39 is 11.9 Å². The Balaban J connectivity index is 1.07. The number of halogens is 2. The average Bonchev–Trinajstić information content (AvgIpc) is 3.34. The van der Waals surface area contributed by atoms with Crippen molar-refractivity contribution in [1.29, 1.82) is 0 Å². The molecular formula is C33H33ClFN3O5. The Kier molecular flexibility index (Phi) is 7.71. The highest BCUT2D eigenvalue weighted by atomic mass is 35.5. The second kappa shape index (κ2) is 11.8. The summed E-state index contributed by atoms with van der Waals surface area (Å²) in [6.45, 7) is 4.20. The number of benzene rings is 3. The van der Waals surface area contributed by atoms with Crippen molar-refractivity contribution in [1.82, 2.24) is 14.5 Å². The summed E-state index contributed by atoms with van der Waals surface area (Å²) in [7, 11) is 1.39. The zero-order valence-electron chi connectivity index (χ0n) is 23.9. The molecular weight excluding hydrogens is 573 g/mol. The number of hydrogen-bond donors (Lipinski definition) is 0. The molecule has 1 aromatic heterocycles. The largest absolute Gasteiger partial charge is 0.485 e. The number of piperidine rings is 1. The van der Waals surface area contributed by atoms with Gasteiger partial charge in [0.25, 0.3) is 0 Å². The molecule has 3 aromatic carbocycles. The van der Waals surface area contributed by atoms with Gasteiger partial charge in [-0.05, 0) is 74.7 Å². The van der Waals surface area contributed by atoms with E-state index in [1.807, 2.05) is 24.3 Å². The lowest BCUT2D eigenvalue weighted by molar-refractivity contribution is -0.0592. The normalized spacial score (nSPS) is 20.6. The first-order valence-corrected chi connectivity index (χ1v) is 15.1. The summed E-state index contributed by atoms with van der Waals surface area (Å²) in [5, 5.41) is 0.351. The zero-order chi connectivity index (χ0) is 29.5. The van der Waals surface area contributed by atoms with Gasteiger partial charge in [-0.25, -0.2) is 14.2 Å². The molecule has 0 saturated carbocycles. The van der Waals surface area contributed by atoms with Gasteiger partial charge in [0.05, 0.1) is 42.9 Å². The van der Waals surface area contributed by atoms with Crippen LogP contribution in [0.25, 0.3) is 11.0 Å². The van der Waals surface area contributed by atoms with Crippen molar-refractivity contribution in [2.45, 2.75) is 50.5 Å². The maximum atomic E-state index is 14.7. The van der Waals surface area contributed by atoms with Gasteiger partial charge in [0.15, 0.2) is 17.6 Å². The number of methoxy groups -OCH3 is 1. The predicted molar refractivity (Wildman–Crippen MR) is 159 cm³/mol. The summed E-state index contributed by atoms with van der Waals surface area (Å²) in [5.74, 6) is 1.90. The Morgan fingerprint density at radius 3 is 2.67 bits per heavy atom. The molecule has 0 spiro atoms. The molecule has 224 valence electrons. The van der Waals surface area contributed by atoms with E-state index >= 15 is 0 Å². The fraction of sp³-hybridized carbons (Fsp3) is 0.394. The minimum Gasteiger partial charge on any atom is -0.485 e. The summed E-state index contributed by atoms with van der Waals surface area (Å²) < 4.78 is 40.0. The van der Waals surface area contributed by atoms with Gasteiger partial charge >= 0.3 is 5.97 Å². The number of aromatic nitrogens is 2. The number of likely N-dealkylation sites (tertiary alicyclic amines) is 1. The molecule has 0 N–H and O–H groups in total. The number of rotatable bonds is 7. The molecule has 0 amide bonds. The van der Waals surface area contributed by atoms with E-state index in [4.69, 9.17) is 35.5 Å². The number of para-hydroxylation sites is 1. The molecule has 10 heteroatoms. The van der Waals surface area contributed by atoms with Crippen LogP contribution >= 0.6 is 11.6 Å². The lowest BCUT2D eigenvalue weighted by Crippen LogP contribution is -2.35. The third-order valence-corrected chi connectivity index (χ3v) is 9.02. The van der Waals surface area contributed by atoms with Crippen molar-refractivity contribution < 1.29 is 28.1 Å². The smallest absolute Gasteiger partial charge is 0.337 e. The third kappa shape index (κ3) is 5.57. The number of imidazole rings is 1. The van der Waals surface area contributed by atoms with Crippen molar-refractivity contribution >= 4 is 28.6 Å². The molecule has 0 radical (unpaired) electrons. The predicted octanol–water partition coefficient (Wildman–Crippen LogP) is 6.30. The first-order valence-electron chi connectivity index (χ1n) is 14.8. The zero-order valence-corrected chi connectivity index (χ0v) is 24.7. The van der Waals surface area contributed by atoms with Crippen molar-refractivity contribution in [3.63, 3.8) is 0 Å². The lowest BCUT2D eigenvalue weighted by atomic mass is 9.88. The molecule has 0 aliphatic carbocycles. The Morgan fingerprint density at radius 2 is 1.93 bits per heavy atom. The summed E-state index contributed by atoms with van der Waals surface area (Å²) in [6, 6.07) is 16.2. The fourth-order valence-corrected chi connectivity index (χ4v) is 6.49. The number of nitrogens with zero attached hydrogens (tertiary/aromatic N) is 3. The molecule has 7 rings (SSSR count). The molecule has 43 heavy (non-hydrogen) atoms. The van der Waals surface area contributed by atoms with Gasteiger partial charge in [-0.15, -0.1) is 0 Å². The Labute approximate surface area is 254 Å². The average molecular weight is 606 g/mol. The Hall–Kier alpha value is -3.66. The van der Waals surface area contributed by atoms with E-state index in [0.717, 1.165) is 61.4 Å². The molecule has 0 bridgehead atoms. The highest BCUT2D eigenvalue weighted by Crippen LogP contribution is 2.45. The summed E-state index contributed by atoms with van der Waals surface area (Å²) in [4.78, 5) is 19.6. The number of ether oxygens (including phenoxy) is 4. The second-order valence-electron chi connectivity index (χ2n) is 11.4. The van der Waals surface area contributed by atoms with Crippen molar-refractivity contribution in [3.05, 3.63) is 88.0 Å². The Bertz CT molecular complexity index is 1660. The number of carbonyl (C=O) groups is 1. The van der Waals surface area contributed by atoms with Gasteiger partial charge < -0.3 is 23.5 Å². The highest BCUT2D eigenvalue weighted by Gasteiger charge is 2.31. The van der Waals surface area contributed by atoms with E-state index in [1.165, 1.54) is 13.2 Å². The number of fused-ring (bicyclic) bond motifs is 2. The van der Waals surface area contributed by atoms with Crippen LogP contribution in [0.5, 0.6) is 11.5 Å². The van der Waals surface area contributed by atoms with E-state index in [0.29, 0.717) is 40.7 Å². The summed E-state index contributed by atoms with van der Waals surface area (Å²) in [5.41, 5.74) is 3.82. The first-order chi connectivity index (χ1) is 21.0. The number of hydrogen-bond acceptors (Lipinski definition) is 7. The van der Waals surface area contributed by atoms with E-state index in [1.54, 1.807) is 18.2 Å². The van der Waals surface area contributed by atoms with Gasteiger partial charge in [0.2, 0.25) is 0 Å². The minimum absolute atomic E-state index is 0.153. The monoisotopic (exact) mass is 605 g/mol. The number of carbonyl (C=O) groups excluding carboxylic acids is 1. The Morgan fingerprint density at radius 1 is 1.09 bits per heavy atom. The van der Waals surface area contributed by atoms with Crippen molar-refractivity contribution in [3.8, 4) is 11.5 Å². The molecule has 1 unspecified atom stereocenters. The summed E-state index contributed by atoms with van der Waals surface area (Å²) in [6.07, 6.45) is 2.51. The van der Waals surface area contributed by atoms with Gasteiger partial charge in [-0.3, -0.25) is 4.90 Å². The van der Waals surface area contributed by atoms with E-state index in [9.17, 15) is 9.18 Å². The van der Waals surface area contributed by atoms with Crippen LogP contribution in [0.2, 0.25) is 5.02 Å². The SMILES string of the molecule is COC(=O)c1ccc2nc(CN3CCC(c4cccc5c4O[C@@H](c4ccc(Cl)cc4F)CO5)CC3)n(CC3CCO3)c2c1. The van der Waals surface area contributed by atoms with Gasteiger partial charge in [0.1, 0.15) is 18.2 Å². The molecule has 3 aliphatic heterocycles. The first kappa shape index (κ1) is 28.1. The molecule has 3 aliphatic rings. The molecule has 8 nitrogen and oxygen atoms in total. The van der Waals surface area contributed by atoms with Crippen LogP contribution in [0.4, 0.5) is 4.39 Å². The molecule has 4 heterocycles. The minimum atomic E-state index is -0.543. The van der Waals surface area contributed by atoms with E-state index in [-0.39, 0.29) is 24.6 Å². The topological polar surface area (TPSA) is 75.0 Å². The van der Waals surface area contributed by atoms with Crippen LogP contribution in [0.1, 0.15) is 58.6 Å². The van der Waals surface area contributed by atoms with Gasteiger partial charge in [0, 0.05) is 22.8 Å². The van der Waals surface area contributed by atoms with Gasteiger partial charge in [-0.1, -0.05) is 29.8 Å². The maximum Gasteiger partial charge on any atom is 0.337 e. The second-order valence-corrected chi connectivity index (χ2v) is 11.9. The third-order valence-electron chi connectivity index (χ3n) is 8.79. The van der Waals surface area contributed by atoms with Crippen LogP contribution in [0.15, 0.2) is 54.6 Å². The van der Waals surface area contributed by atoms with Crippen molar-refractivity contribution in [2.24, 2.45) is 0 Å². The standard InChI is InChI=1S/C33H33ClFN3O5/c1-40-33(39)21-5-8-27-28(15-21)38(17-23-11-14-41-23)31(36-27)18-37-12-9-20(10-13-37)24-3-2-4-29-32(24)43-30(19-42-29)25-7-6-22(34)16-26(25)35/h2-8,15-16,20,23,30H,9-14,17-19H2,1H3/t23?,30-/m1/s1. The van der Waals surface area contributed by atoms with Gasteiger partial charge in [-0.2, -0.15) is 0 Å². The number of esters is 1. The maximum absolute atomic E-state index is 14.7. The van der Waals surface area contributed by atoms with Crippen LogP contribution in [0.3, 0.4) is 0 Å². The molecule has 4 aromatic rings. The quantitative estimate of drug-likeness (QED) is 0.229. The highest BCUT2D eigenvalue weighted by molar-refractivity contribution is 6.30. The van der Waals surface area contributed by atoms with E-state index in [2.05, 4.69) is 15.5 Å². The van der Waals surface area contributed by atoms with Crippen LogP contribution < -0.4 is 9.47 Å².